The Labute approximate surface area is 104 Å². The smallest absolute Gasteiger partial charge is 0.0357 e. The van der Waals surface area contributed by atoms with Gasteiger partial charge in [0.2, 0.25) is 0 Å². The van der Waals surface area contributed by atoms with Crippen molar-refractivity contribution in [1.82, 2.24) is 0 Å². The minimum atomic E-state index is 0.578. The molecule has 0 unspecified atom stereocenters. The van der Waals surface area contributed by atoms with Gasteiger partial charge in [0, 0.05) is 0 Å². The van der Waals surface area contributed by atoms with Crippen LogP contribution in [0.3, 0.4) is 0 Å². The lowest BCUT2D eigenvalue weighted by Crippen LogP contribution is -2.08. The largest absolute Gasteiger partial charge is 0.0649 e. The van der Waals surface area contributed by atoms with E-state index in [1.54, 1.807) is 0 Å². The van der Waals surface area contributed by atoms with Crippen LogP contribution in [0.2, 0.25) is 0 Å². The van der Waals surface area contributed by atoms with E-state index in [1.807, 2.05) is 0 Å². The first-order valence-corrected chi connectivity index (χ1v) is 7.41. The molecule has 16 heavy (non-hydrogen) atoms. The number of unbranched alkanes of at least 4 members (excludes halogenated alkanes) is 8. The molecule has 0 aliphatic rings. The molecule has 0 saturated carbocycles. The van der Waals surface area contributed by atoms with Gasteiger partial charge in [-0.2, -0.15) is 0 Å². The van der Waals surface area contributed by atoms with Gasteiger partial charge in [-0.25, -0.2) is 0 Å². The van der Waals surface area contributed by atoms with Gasteiger partial charge >= 0.3 is 0 Å². The average Bonchev–Trinajstić information content (AvgIpc) is 2.27. The molecule has 0 aromatic rings. The molecule has 0 N–H and O–H groups in total. The monoisotopic (exact) mass is 225 g/mol. The molecule has 0 nitrogen and oxygen atoms in total. The fourth-order valence-corrected chi connectivity index (χ4v) is 2.02. The van der Waals surface area contributed by atoms with E-state index in [0.717, 1.165) is 6.42 Å². The highest BCUT2D eigenvalue weighted by Crippen LogP contribution is 2.27. The van der Waals surface area contributed by atoms with Crippen molar-refractivity contribution in [3.63, 3.8) is 0 Å². The second-order valence-corrected chi connectivity index (χ2v) is 5.95. The van der Waals surface area contributed by atoms with Crippen LogP contribution in [0, 0.1) is 12.3 Å². The van der Waals surface area contributed by atoms with E-state index in [4.69, 9.17) is 0 Å². The number of hydrogen-bond donors (Lipinski definition) is 0. The molecule has 0 aliphatic heterocycles. The molecule has 0 rings (SSSR count). The van der Waals surface area contributed by atoms with Crippen LogP contribution in [0.25, 0.3) is 0 Å². The molecule has 0 heteroatoms. The highest BCUT2D eigenvalue weighted by molar-refractivity contribution is 4.65. The first-order chi connectivity index (χ1) is 7.62. The summed E-state index contributed by atoms with van der Waals surface area (Å²) >= 11 is 0. The van der Waals surface area contributed by atoms with Gasteiger partial charge in [0.05, 0.1) is 0 Å². The van der Waals surface area contributed by atoms with Crippen molar-refractivity contribution >= 4 is 0 Å². The lowest BCUT2D eigenvalue weighted by molar-refractivity contribution is 0.307. The third-order valence-electron chi connectivity index (χ3n) is 3.81. The third-order valence-corrected chi connectivity index (χ3v) is 3.81. The minimum Gasteiger partial charge on any atom is -0.0649 e. The summed E-state index contributed by atoms with van der Waals surface area (Å²) in [4.78, 5) is 0. The van der Waals surface area contributed by atoms with Crippen molar-refractivity contribution < 1.29 is 0 Å². The molecule has 0 fully saturated rings. The molecule has 0 spiro atoms. The van der Waals surface area contributed by atoms with Gasteiger partial charge in [0.1, 0.15) is 0 Å². The molecular weight excluding hydrogens is 192 g/mol. The van der Waals surface area contributed by atoms with Gasteiger partial charge in [-0.1, -0.05) is 91.9 Å². The molecule has 0 bridgehead atoms. The Bertz CT molecular complexity index is 135. The maximum Gasteiger partial charge on any atom is -0.0357 e. The third kappa shape index (κ3) is 10.5. The van der Waals surface area contributed by atoms with E-state index in [-0.39, 0.29) is 0 Å². The van der Waals surface area contributed by atoms with Gasteiger partial charge in [0.25, 0.3) is 0 Å². The highest BCUT2D eigenvalue weighted by atomic mass is 14.2. The molecular formula is C16H33. The second-order valence-electron chi connectivity index (χ2n) is 5.95. The normalized spacial score (nSPS) is 12.0. The summed E-state index contributed by atoms with van der Waals surface area (Å²) in [5.41, 5.74) is 0.578. The van der Waals surface area contributed by atoms with Crippen LogP contribution in [0.4, 0.5) is 0 Å². The molecule has 0 heterocycles. The van der Waals surface area contributed by atoms with E-state index in [2.05, 4.69) is 27.7 Å². The van der Waals surface area contributed by atoms with Crippen LogP contribution in [-0.4, -0.2) is 0 Å². The average molecular weight is 225 g/mol. The molecule has 0 aromatic heterocycles. The first-order valence-electron chi connectivity index (χ1n) is 7.41. The van der Waals surface area contributed by atoms with Crippen LogP contribution in [0.1, 0.15) is 91.4 Å². The number of hydrogen-bond acceptors (Lipinski definition) is 0. The van der Waals surface area contributed by atoms with Crippen LogP contribution in [0.15, 0.2) is 0 Å². The van der Waals surface area contributed by atoms with E-state index in [1.165, 1.54) is 64.2 Å². The van der Waals surface area contributed by atoms with Crippen molar-refractivity contribution in [3.8, 4) is 0 Å². The standard InChI is InChI=1S/C16H33/c1-5-7-8-9-10-11-12-13-14-15-16(3,4)6-2/h1,5-15H2,2-4H3. The Morgan fingerprint density at radius 3 is 1.62 bits per heavy atom. The van der Waals surface area contributed by atoms with Crippen LogP contribution in [0.5, 0.6) is 0 Å². The van der Waals surface area contributed by atoms with Crippen LogP contribution < -0.4 is 0 Å². The van der Waals surface area contributed by atoms with E-state index in [0.29, 0.717) is 5.41 Å². The fraction of sp³-hybridized carbons (Fsp3) is 0.938. The Hall–Kier alpha value is 0. The zero-order chi connectivity index (χ0) is 12.3. The summed E-state index contributed by atoms with van der Waals surface area (Å²) in [6, 6.07) is 0. The van der Waals surface area contributed by atoms with Crippen molar-refractivity contribution in [2.24, 2.45) is 5.41 Å². The quantitative estimate of drug-likeness (QED) is 0.369. The maximum absolute atomic E-state index is 3.88. The Morgan fingerprint density at radius 1 is 0.750 bits per heavy atom. The summed E-state index contributed by atoms with van der Waals surface area (Å²) < 4.78 is 0. The summed E-state index contributed by atoms with van der Waals surface area (Å²) in [6.07, 6.45) is 15.2. The van der Waals surface area contributed by atoms with Gasteiger partial charge in [-0.15, -0.1) is 0 Å². The van der Waals surface area contributed by atoms with Crippen molar-refractivity contribution in [2.75, 3.05) is 0 Å². The van der Waals surface area contributed by atoms with E-state index in [9.17, 15) is 0 Å². The molecule has 0 aliphatic carbocycles. The molecule has 0 atom stereocenters. The lowest BCUT2D eigenvalue weighted by atomic mass is 9.84. The van der Waals surface area contributed by atoms with Gasteiger partial charge < -0.3 is 0 Å². The predicted molar refractivity (Wildman–Crippen MR) is 75.6 cm³/mol. The van der Waals surface area contributed by atoms with Gasteiger partial charge in [-0.05, 0) is 11.8 Å². The predicted octanol–water partition coefficient (Wildman–Crippen LogP) is 6.16. The first kappa shape index (κ1) is 16.0. The Kier molecular flexibility index (Phi) is 10.2. The second kappa shape index (κ2) is 10.2. The Morgan fingerprint density at radius 2 is 1.19 bits per heavy atom. The summed E-state index contributed by atoms with van der Waals surface area (Å²) in [7, 11) is 0. The minimum absolute atomic E-state index is 0.578. The zero-order valence-electron chi connectivity index (χ0n) is 12.0. The van der Waals surface area contributed by atoms with E-state index < -0.39 is 0 Å². The fourth-order valence-electron chi connectivity index (χ4n) is 2.02. The summed E-state index contributed by atoms with van der Waals surface area (Å²) in [5.74, 6) is 0. The maximum atomic E-state index is 3.88. The van der Waals surface area contributed by atoms with Gasteiger partial charge in [0.15, 0.2) is 0 Å². The van der Waals surface area contributed by atoms with Crippen LogP contribution >= 0.6 is 0 Å². The SMILES string of the molecule is [CH2]CCCCCCCCCCC(C)(C)CC. The molecule has 97 valence electrons. The molecule has 0 amide bonds. The summed E-state index contributed by atoms with van der Waals surface area (Å²) in [6.45, 7) is 11.0. The molecule has 0 saturated heterocycles. The molecule has 1 radical (unpaired) electrons. The van der Waals surface area contributed by atoms with Crippen LogP contribution in [-0.2, 0) is 0 Å². The summed E-state index contributed by atoms with van der Waals surface area (Å²) in [5, 5.41) is 0. The highest BCUT2D eigenvalue weighted by Gasteiger charge is 2.13. The lowest BCUT2D eigenvalue weighted by Gasteiger charge is -2.22. The van der Waals surface area contributed by atoms with E-state index >= 15 is 0 Å². The Balaban J connectivity index is 3.10. The van der Waals surface area contributed by atoms with Crippen molar-refractivity contribution in [3.05, 3.63) is 6.92 Å². The number of rotatable bonds is 11. The zero-order valence-corrected chi connectivity index (χ0v) is 12.0. The van der Waals surface area contributed by atoms with Crippen molar-refractivity contribution in [2.45, 2.75) is 91.4 Å². The van der Waals surface area contributed by atoms with Crippen molar-refractivity contribution in [1.29, 1.82) is 0 Å². The topological polar surface area (TPSA) is 0 Å². The molecule has 0 aromatic carbocycles. The van der Waals surface area contributed by atoms with Gasteiger partial charge in [-0.3, -0.25) is 0 Å².